The van der Waals surface area contributed by atoms with Gasteiger partial charge in [-0.1, -0.05) is 13.8 Å². The van der Waals surface area contributed by atoms with E-state index >= 15 is 0 Å². The van der Waals surface area contributed by atoms with Crippen LogP contribution in [-0.4, -0.2) is 33.7 Å². The van der Waals surface area contributed by atoms with Crippen molar-refractivity contribution in [3.63, 3.8) is 0 Å². The van der Waals surface area contributed by atoms with E-state index in [-0.39, 0.29) is 17.7 Å². The number of benzene rings is 1. The summed E-state index contributed by atoms with van der Waals surface area (Å²) < 4.78 is 0. The summed E-state index contributed by atoms with van der Waals surface area (Å²) >= 11 is 1.40. The highest BCUT2D eigenvalue weighted by molar-refractivity contribution is 7.99. The Morgan fingerprint density at radius 1 is 1.33 bits per heavy atom. The number of thioether (sulfide) groups is 1. The molecular formula is C16H22N2O5S. The van der Waals surface area contributed by atoms with Crippen LogP contribution in [0.5, 0.6) is 0 Å². The molecule has 0 aliphatic carbocycles. The number of nitrogens with one attached hydrogen (secondary N) is 1. The normalized spacial score (nSPS) is 12.0. The minimum atomic E-state index is -1.02. The van der Waals surface area contributed by atoms with E-state index in [1.165, 1.54) is 23.9 Å². The summed E-state index contributed by atoms with van der Waals surface area (Å²) in [6.07, 6.45) is 0.730. The summed E-state index contributed by atoms with van der Waals surface area (Å²) in [5, 5.41) is 22.5. The number of hydrogen-bond donors (Lipinski definition) is 2. The van der Waals surface area contributed by atoms with Crippen LogP contribution in [-0.2, 0) is 4.79 Å². The number of nitro groups is 1. The average molecular weight is 354 g/mol. The van der Waals surface area contributed by atoms with Crippen LogP contribution in [0.3, 0.4) is 0 Å². The molecule has 2 N–H and O–H groups in total. The van der Waals surface area contributed by atoms with Gasteiger partial charge in [0.15, 0.2) is 0 Å². The molecule has 0 aliphatic heterocycles. The van der Waals surface area contributed by atoms with Crippen molar-refractivity contribution in [2.24, 2.45) is 5.92 Å². The van der Waals surface area contributed by atoms with Crippen molar-refractivity contribution in [2.45, 2.75) is 44.6 Å². The molecule has 0 heterocycles. The second-order valence-corrected chi connectivity index (χ2v) is 7.08. The number of rotatable bonds is 9. The van der Waals surface area contributed by atoms with E-state index in [0.717, 1.165) is 12.2 Å². The zero-order valence-corrected chi connectivity index (χ0v) is 14.8. The van der Waals surface area contributed by atoms with Crippen molar-refractivity contribution in [1.29, 1.82) is 0 Å². The molecule has 0 spiro atoms. The summed E-state index contributed by atoms with van der Waals surface area (Å²) in [7, 11) is 0. The lowest BCUT2D eigenvalue weighted by Crippen LogP contribution is -2.34. The first kappa shape index (κ1) is 20.0. The van der Waals surface area contributed by atoms with E-state index in [9.17, 15) is 19.7 Å². The topological polar surface area (TPSA) is 110 Å². The van der Waals surface area contributed by atoms with E-state index in [0.29, 0.717) is 10.8 Å². The van der Waals surface area contributed by atoms with Crippen LogP contribution in [0.25, 0.3) is 0 Å². The van der Waals surface area contributed by atoms with Crippen LogP contribution in [0.2, 0.25) is 0 Å². The molecule has 0 radical (unpaired) electrons. The Hall–Kier alpha value is -2.09. The molecule has 1 aromatic rings. The zero-order valence-electron chi connectivity index (χ0n) is 13.9. The van der Waals surface area contributed by atoms with Crippen LogP contribution in [0.4, 0.5) is 5.69 Å². The standard InChI is InChI=1S/C16H22N2O5S/c1-10(2)6-7-24-14-5-4-12(9-13(14)18(22)23)16(21)17-11(3)8-15(19)20/h4-5,9-11H,6-8H2,1-3H3,(H,17,21)(H,19,20). The predicted molar refractivity (Wildman–Crippen MR) is 92.5 cm³/mol. The van der Waals surface area contributed by atoms with Gasteiger partial charge in [-0.15, -0.1) is 11.8 Å². The quantitative estimate of drug-likeness (QED) is 0.400. The minimum Gasteiger partial charge on any atom is -0.481 e. The monoisotopic (exact) mass is 354 g/mol. The molecule has 1 atom stereocenters. The average Bonchev–Trinajstić information content (AvgIpc) is 2.45. The fourth-order valence-corrected chi connectivity index (χ4v) is 3.20. The van der Waals surface area contributed by atoms with E-state index in [1.54, 1.807) is 13.0 Å². The van der Waals surface area contributed by atoms with E-state index in [4.69, 9.17) is 5.11 Å². The fraction of sp³-hybridized carbons (Fsp3) is 0.500. The number of amides is 1. The van der Waals surface area contributed by atoms with Gasteiger partial charge in [0.05, 0.1) is 16.2 Å². The smallest absolute Gasteiger partial charge is 0.305 e. The van der Waals surface area contributed by atoms with Gasteiger partial charge < -0.3 is 10.4 Å². The van der Waals surface area contributed by atoms with Crippen molar-refractivity contribution in [1.82, 2.24) is 5.32 Å². The molecule has 132 valence electrons. The maximum absolute atomic E-state index is 12.1. The molecule has 8 heteroatoms. The number of carboxylic acid groups (broad SMARTS) is 1. The highest BCUT2D eigenvalue weighted by Gasteiger charge is 2.19. The lowest BCUT2D eigenvalue weighted by Gasteiger charge is -2.12. The molecule has 0 aromatic heterocycles. The second-order valence-electron chi connectivity index (χ2n) is 5.94. The number of nitro benzene ring substituents is 1. The number of carbonyl (C=O) groups excluding carboxylic acids is 1. The molecular weight excluding hydrogens is 332 g/mol. The van der Waals surface area contributed by atoms with Crippen LogP contribution < -0.4 is 5.32 Å². The van der Waals surface area contributed by atoms with Gasteiger partial charge in [-0.3, -0.25) is 19.7 Å². The van der Waals surface area contributed by atoms with E-state index in [2.05, 4.69) is 19.2 Å². The summed E-state index contributed by atoms with van der Waals surface area (Å²) in [4.78, 5) is 34.0. The predicted octanol–water partition coefficient (Wildman–Crippen LogP) is 3.33. The lowest BCUT2D eigenvalue weighted by molar-refractivity contribution is -0.387. The summed E-state index contributed by atoms with van der Waals surface area (Å²) in [6, 6.07) is 3.77. The minimum absolute atomic E-state index is 0.109. The van der Waals surface area contributed by atoms with Gasteiger partial charge in [0.1, 0.15) is 0 Å². The van der Waals surface area contributed by atoms with Crippen molar-refractivity contribution < 1.29 is 19.6 Å². The van der Waals surface area contributed by atoms with Gasteiger partial charge in [-0.2, -0.15) is 0 Å². The largest absolute Gasteiger partial charge is 0.481 e. The SMILES string of the molecule is CC(C)CCSc1ccc(C(=O)NC(C)CC(=O)O)cc1[N+](=O)[O-]. The molecule has 24 heavy (non-hydrogen) atoms. The Morgan fingerprint density at radius 3 is 2.54 bits per heavy atom. The summed E-state index contributed by atoms with van der Waals surface area (Å²) in [5.41, 5.74) is 0.0365. The van der Waals surface area contributed by atoms with Gasteiger partial charge in [0.25, 0.3) is 11.6 Å². The number of carbonyl (C=O) groups is 2. The molecule has 1 unspecified atom stereocenters. The van der Waals surface area contributed by atoms with Crippen LogP contribution >= 0.6 is 11.8 Å². The summed E-state index contributed by atoms with van der Waals surface area (Å²) in [5.74, 6) is -0.270. The molecule has 1 rings (SSSR count). The van der Waals surface area contributed by atoms with Gasteiger partial charge in [0.2, 0.25) is 0 Å². The maximum atomic E-state index is 12.1. The third-order valence-electron chi connectivity index (χ3n) is 3.23. The molecule has 1 amide bonds. The molecule has 0 saturated heterocycles. The molecule has 0 bridgehead atoms. The second kappa shape index (κ2) is 9.27. The van der Waals surface area contributed by atoms with Crippen LogP contribution in [0, 0.1) is 16.0 Å². The highest BCUT2D eigenvalue weighted by Crippen LogP contribution is 2.31. The summed E-state index contributed by atoms with van der Waals surface area (Å²) in [6.45, 7) is 5.73. The van der Waals surface area contributed by atoms with Gasteiger partial charge in [-0.05, 0) is 37.1 Å². The fourth-order valence-electron chi connectivity index (χ4n) is 1.95. The van der Waals surface area contributed by atoms with Crippen LogP contribution in [0.15, 0.2) is 23.1 Å². The number of nitrogens with zero attached hydrogens (tertiary/aromatic N) is 1. The van der Waals surface area contributed by atoms with E-state index < -0.39 is 22.8 Å². The van der Waals surface area contributed by atoms with Gasteiger partial charge in [-0.25, -0.2) is 0 Å². The maximum Gasteiger partial charge on any atom is 0.305 e. The zero-order chi connectivity index (χ0) is 18.3. The number of aliphatic carboxylic acids is 1. The van der Waals surface area contributed by atoms with Crippen molar-refractivity contribution >= 4 is 29.3 Å². The highest BCUT2D eigenvalue weighted by atomic mass is 32.2. The third kappa shape index (κ3) is 6.57. The Balaban J connectivity index is 2.86. The lowest BCUT2D eigenvalue weighted by atomic mass is 10.1. The van der Waals surface area contributed by atoms with E-state index in [1.807, 2.05) is 0 Å². The molecule has 0 fully saturated rings. The number of hydrogen-bond acceptors (Lipinski definition) is 5. The first-order chi connectivity index (χ1) is 11.2. The Labute approximate surface area is 145 Å². The van der Waals surface area contributed by atoms with Crippen molar-refractivity contribution in [3.8, 4) is 0 Å². The van der Waals surface area contributed by atoms with Gasteiger partial charge in [0, 0.05) is 17.7 Å². The van der Waals surface area contributed by atoms with Crippen molar-refractivity contribution in [2.75, 3.05) is 5.75 Å². The first-order valence-electron chi connectivity index (χ1n) is 7.64. The Bertz CT molecular complexity index is 618. The van der Waals surface area contributed by atoms with Gasteiger partial charge >= 0.3 is 5.97 Å². The first-order valence-corrected chi connectivity index (χ1v) is 8.63. The van der Waals surface area contributed by atoms with Crippen molar-refractivity contribution in [3.05, 3.63) is 33.9 Å². The Morgan fingerprint density at radius 2 is 2.00 bits per heavy atom. The van der Waals surface area contributed by atoms with Crippen LogP contribution in [0.1, 0.15) is 44.0 Å². The number of carboxylic acids is 1. The third-order valence-corrected chi connectivity index (χ3v) is 4.32. The molecule has 0 saturated carbocycles. The molecule has 1 aromatic carbocycles. The molecule has 7 nitrogen and oxygen atoms in total. The Kier molecular flexibility index (Phi) is 7.70. The molecule has 0 aliphatic rings.